The van der Waals surface area contributed by atoms with Gasteiger partial charge in [-0.25, -0.2) is 0 Å². The van der Waals surface area contributed by atoms with E-state index in [0.717, 1.165) is 22.4 Å². The summed E-state index contributed by atoms with van der Waals surface area (Å²) in [5, 5.41) is 4.71. The van der Waals surface area contributed by atoms with Gasteiger partial charge in [0, 0.05) is 23.3 Å². The van der Waals surface area contributed by atoms with Gasteiger partial charge in [0.2, 0.25) is 0 Å². The fourth-order valence-corrected chi connectivity index (χ4v) is 2.52. The number of anilines is 1. The molecular formula is C17H19ClN2S. The summed E-state index contributed by atoms with van der Waals surface area (Å²) in [4.78, 5) is 2.17. The highest BCUT2D eigenvalue weighted by atomic mass is 35.5. The van der Waals surface area contributed by atoms with E-state index in [0.29, 0.717) is 6.04 Å². The van der Waals surface area contributed by atoms with E-state index in [4.69, 9.17) is 23.8 Å². The van der Waals surface area contributed by atoms with E-state index in [1.807, 2.05) is 42.5 Å². The predicted molar refractivity (Wildman–Crippen MR) is 94.8 cm³/mol. The number of nitrogens with zero attached hydrogens (tertiary/aromatic N) is 1. The molecule has 21 heavy (non-hydrogen) atoms. The lowest BCUT2D eigenvalue weighted by atomic mass is 10.2. The molecule has 2 aromatic rings. The molecule has 0 radical (unpaired) electrons. The van der Waals surface area contributed by atoms with Crippen LogP contribution in [0.3, 0.4) is 0 Å². The summed E-state index contributed by atoms with van der Waals surface area (Å²) in [6.07, 6.45) is 0. The minimum Gasteiger partial charge on any atom is -0.342 e. The quantitative estimate of drug-likeness (QED) is 0.803. The molecule has 0 aliphatic rings. The van der Waals surface area contributed by atoms with Crippen LogP contribution >= 0.6 is 23.8 Å². The number of hydrogen-bond acceptors (Lipinski definition) is 1. The zero-order valence-electron chi connectivity index (χ0n) is 12.2. The van der Waals surface area contributed by atoms with Gasteiger partial charge in [0.15, 0.2) is 5.11 Å². The van der Waals surface area contributed by atoms with Gasteiger partial charge in [0.05, 0.1) is 0 Å². The SMILES string of the molecule is CC(C)N(Cc1ccccc1)C(=S)Nc1ccc(Cl)cc1. The van der Waals surface area contributed by atoms with Crippen molar-refractivity contribution in [2.75, 3.05) is 5.32 Å². The van der Waals surface area contributed by atoms with Crippen molar-refractivity contribution in [2.24, 2.45) is 0 Å². The summed E-state index contributed by atoms with van der Waals surface area (Å²) in [6.45, 7) is 5.06. The van der Waals surface area contributed by atoms with Crippen LogP contribution in [-0.2, 0) is 6.54 Å². The fourth-order valence-electron chi connectivity index (χ4n) is 2.00. The molecular weight excluding hydrogens is 300 g/mol. The van der Waals surface area contributed by atoms with E-state index in [-0.39, 0.29) is 0 Å². The zero-order valence-corrected chi connectivity index (χ0v) is 13.8. The summed E-state index contributed by atoms with van der Waals surface area (Å²) in [6, 6.07) is 18.2. The highest BCUT2D eigenvalue weighted by Gasteiger charge is 2.14. The molecule has 0 saturated heterocycles. The molecule has 0 heterocycles. The van der Waals surface area contributed by atoms with Gasteiger partial charge in [-0.05, 0) is 55.9 Å². The molecule has 0 spiro atoms. The van der Waals surface area contributed by atoms with Gasteiger partial charge in [0.1, 0.15) is 0 Å². The van der Waals surface area contributed by atoms with Gasteiger partial charge in [-0.1, -0.05) is 41.9 Å². The third-order valence-electron chi connectivity index (χ3n) is 3.18. The average Bonchev–Trinajstić information content (AvgIpc) is 2.48. The first-order chi connectivity index (χ1) is 10.1. The van der Waals surface area contributed by atoms with E-state index < -0.39 is 0 Å². The number of nitrogens with one attached hydrogen (secondary N) is 1. The van der Waals surface area contributed by atoms with Crippen LogP contribution in [0.5, 0.6) is 0 Å². The Bertz CT molecular complexity index is 581. The van der Waals surface area contributed by atoms with Crippen molar-refractivity contribution in [3.63, 3.8) is 0 Å². The molecule has 0 aromatic heterocycles. The average molecular weight is 319 g/mol. The third kappa shape index (κ3) is 4.73. The minimum atomic E-state index is 0.317. The second kappa shape index (κ2) is 7.43. The largest absolute Gasteiger partial charge is 0.342 e. The van der Waals surface area contributed by atoms with Gasteiger partial charge in [-0.15, -0.1) is 0 Å². The van der Waals surface area contributed by atoms with Crippen molar-refractivity contribution in [1.82, 2.24) is 4.90 Å². The lowest BCUT2D eigenvalue weighted by Gasteiger charge is -2.29. The van der Waals surface area contributed by atoms with Gasteiger partial charge < -0.3 is 10.2 Å². The summed E-state index contributed by atoms with van der Waals surface area (Å²) in [5.74, 6) is 0. The molecule has 0 aliphatic carbocycles. The smallest absolute Gasteiger partial charge is 0.173 e. The normalized spacial score (nSPS) is 10.5. The summed E-state index contributed by atoms with van der Waals surface area (Å²) >= 11 is 11.4. The molecule has 0 atom stereocenters. The van der Waals surface area contributed by atoms with Crippen LogP contribution in [0.1, 0.15) is 19.4 Å². The van der Waals surface area contributed by atoms with Crippen LogP contribution in [0, 0.1) is 0 Å². The molecule has 2 nitrogen and oxygen atoms in total. The second-order valence-corrected chi connectivity index (χ2v) is 5.97. The highest BCUT2D eigenvalue weighted by Crippen LogP contribution is 2.16. The van der Waals surface area contributed by atoms with Gasteiger partial charge in [-0.2, -0.15) is 0 Å². The minimum absolute atomic E-state index is 0.317. The number of thiocarbonyl (C=S) groups is 1. The first-order valence-corrected chi connectivity index (χ1v) is 7.72. The molecule has 2 rings (SSSR count). The standard InChI is InChI=1S/C17H19ClN2S/c1-13(2)20(12-14-6-4-3-5-7-14)17(21)19-16-10-8-15(18)9-11-16/h3-11,13H,12H2,1-2H3,(H,19,21). The fraction of sp³-hybridized carbons (Fsp3) is 0.235. The van der Waals surface area contributed by atoms with Gasteiger partial charge in [0.25, 0.3) is 0 Å². The van der Waals surface area contributed by atoms with Crippen molar-refractivity contribution >= 4 is 34.6 Å². The Labute approximate surface area is 136 Å². The van der Waals surface area contributed by atoms with Crippen LogP contribution < -0.4 is 5.32 Å². The Morgan fingerprint density at radius 2 is 1.71 bits per heavy atom. The second-order valence-electron chi connectivity index (χ2n) is 5.14. The van der Waals surface area contributed by atoms with Crippen LogP contribution in [-0.4, -0.2) is 16.1 Å². The monoisotopic (exact) mass is 318 g/mol. The molecule has 4 heteroatoms. The van der Waals surface area contributed by atoms with Crippen LogP contribution in [0.15, 0.2) is 54.6 Å². The Balaban J connectivity index is 2.07. The Morgan fingerprint density at radius 3 is 2.29 bits per heavy atom. The van der Waals surface area contributed by atoms with Crippen molar-refractivity contribution in [3.8, 4) is 0 Å². The molecule has 0 amide bonds. The zero-order chi connectivity index (χ0) is 15.2. The number of hydrogen-bond donors (Lipinski definition) is 1. The molecule has 0 fully saturated rings. The van der Waals surface area contributed by atoms with E-state index in [1.54, 1.807) is 0 Å². The maximum Gasteiger partial charge on any atom is 0.173 e. The molecule has 0 saturated carbocycles. The van der Waals surface area contributed by atoms with Crippen LogP contribution in [0.2, 0.25) is 5.02 Å². The molecule has 110 valence electrons. The maximum absolute atomic E-state index is 5.90. The lowest BCUT2D eigenvalue weighted by Crippen LogP contribution is -2.39. The highest BCUT2D eigenvalue weighted by molar-refractivity contribution is 7.80. The van der Waals surface area contributed by atoms with E-state index in [2.05, 4.69) is 36.2 Å². The Kier molecular flexibility index (Phi) is 5.59. The summed E-state index contributed by atoms with van der Waals surface area (Å²) in [7, 11) is 0. The first kappa shape index (κ1) is 15.8. The first-order valence-electron chi connectivity index (χ1n) is 6.93. The number of halogens is 1. The molecule has 2 aromatic carbocycles. The lowest BCUT2D eigenvalue weighted by molar-refractivity contribution is 0.348. The molecule has 0 aliphatic heterocycles. The van der Waals surface area contributed by atoms with Crippen LogP contribution in [0.25, 0.3) is 0 Å². The summed E-state index contributed by atoms with van der Waals surface area (Å²) < 4.78 is 0. The van der Waals surface area contributed by atoms with Crippen LogP contribution in [0.4, 0.5) is 5.69 Å². The molecule has 1 N–H and O–H groups in total. The third-order valence-corrected chi connectivity index (χ3v) is 3.76. The molecule has 0 unspecified atom stereocenters. The topological polar surface area (TPSA) is 15.3 Å². The van der Waals surface area contributed by atoms with E-state index >= 15 is 0 Å². The summed E-state index contributed by atoms with van der Waals surface area (Å²) in [5.41, 5.74) is 2.19. The molecule has 0 bridgehead atoms. The van der Waals surface area contributed by atoms with Crippen molar-refractivity contribution in [1.29, 1.82) is 0 Å². The van der Waals surface area contributed by atoms with Crippen molar-refractivity contribution in [2.45, 2.75) is 26.4 Å². The Hall–Kier alpha value is -1.58. The van der Waals surface area contributed by atoms with E-state index in [1.165, 1.54) is 5.56 Å². The van der Waals surface area contributed by atoms with Crippen molar-refractivity contribution < 1.29 is 0 Å². The Morgan fingerprint density at radius 1 is 1.10 bits per heavy atom. The van der Waals surface area contributed by atoms with Crippen molar-refractivity contribution in [3.05, 3.63) is 65.2 Å². The van der Waals surface area contributed by atoms with E-state index in [9.17, 15) is 0 Å². The van der Waals surface area contributed by atoms with Gasteiger partial charge >= 0.3 is 0 Å². The maximum atomic E-state index is 5.90. The predicted octanol–water partition coefficient (Wildman–Crippen LogP) is 4.95. The number of benzene rings is 2. The number of rotatable bonds is 4. The van der Waals surface area contributed by atoms with Gasteiger partial charge in [-0.3, -0.25) is 0 Å².